The van der Waals surface area contributed by atoms with Crippen LogP contribution >= 0.6 is 11.3 Å². The Morgan fingerprint density at radius 1 is 1.53 bits per heavy atom. The topological polar surface area (TPSA) is 63.4 Å². The van der Waals surface area contributed by atoms with Crippen molar-refractivity contribution < 1.29 is 9.47 Å². The molecule has 0 bridgehead atoms. The predicted octanol–water partition coefficient (Wildman–Crippen LogP) is 0.533. The number of aromatic nitrogens is 1. The zero-order chi connectivity index (χ0) is 11.3. The fraction of sp³-hybridized carbons (Fsp3) is 0.667. The zero-order valence-corrected chi connectivity index (χ0v) is 9.89. The van der Waals surface area contributed by atoms with Crippen LogP contribution in [0, 0.1) is 0 Å². The molecule has 0 amide bonds. The molecule has 0 aliphatic carbocycles. The number of aromatic amines is 1. The van der Waals surface area contributed by atoms with E-state index < -0.39 is 0 Å². The molecule has 0 radical (unpaired) electrons. The number of rotatable bonds is 6. The van der Waals surface area contributed by atoms with E-state index in [1.807, 2.05) is 6.92 Å². The third-order valence-electron chi connectivity index (χ3n) is 2.06. The maximum absolute atomic E-state index is 10.9. The van der Waals surface area contributed by atoms with Crippen molar-refractivity contribution in [2.75, 3.05) is 14.2 Å². The molecule has 2 N–H and O–H groups in total. The number of nitrogens with one attached hydrogen (secondary N) is 2. The average molecular weight is 232 g/mol. The molecule has 6 heteroatoms. The Hall–Kier alpha value is -0.690. The molecule has 1 heterocycles. The smallest absolute Gasteiger partial charge is 0.304 e. The van der Waals surface area contributed by atoms with Crippen molar-refractivity contribution in [3.63, 3.8) is 0 Å². The van der Waals surface area contributed by atoms with Crippen LogP contribution in [0.5, 0.6) is 0 Å². The lowest BCUT2D eigenvalue weighted by Crippen LogP contribution is -2.39. The lowest BCUT2D eigenvalue weighted by molar-refractivity contribution is -0.119. The second kappa shape index (κ2) is 6.02. The molecule has 0 aliphatic rings. The summed E-state index contributed by atoms with van der Waals surface area (Å²) in [5.41, 5.74) is 0.878. The first-order chi connectivity index (χ1) is 7.17. The number of ether oxygens (including phenoxy) is 2. The van der Waals surface area contributed by atoms with Gasteiger partial charge in [-0.25, -0.2) is 0 Å². The van der Waals surface area contributed by atoms with Gasteiger partial charge in [0.25, 0.3) is 0 Å². The molecule has 0 aromatic carbocycles. The van der Waals surface area contributed by atoms with Crippen molar-refractivity contribution >= 4 is 11.3 Å². The molecule has 1 atom stereocenters. The van der Waals surface area contributed by atoms with Crippen LogP contribution in [0.2, 0.25) is 0 Å². The van der Waals surface area contributed by atoms with Crippen molar-refractivity contribution in [1.82, 2.24) is 10.3 Å². The Morgan fingerprint density at radius 3 is 2.67 bits per heavy atom. The van der Waals surface area contributed by atoms with E-state index in [9.17, 15) is 4.79 Å². The second-order valence-electron chi connectivity index (χ2n) is 3.18. The van der Waals surface area contributed by atoms with Gasteiger partial charge in [0.1, 0.15) is 0 Å². The maximum Gasteiger partial charge on any atom is 0.304 e. The minimum absolute atomic E-state index is 0.0329. The summed E-state index contributed by atoms with van der Waals surface area (Å²) in [5.74, 6) is 0. The van der Waals surface area contributed by atoms with Gasteiger partial charge in [-0.15, -0.1) is 0 Å². The summed E-state index contributed by atoms with van der Waals surface area (Å²) in [4.78, 5) is 13.6. The standard InChI is InChI=1S/C9H16N2O3S/c1-6(8(13-2)14-3)10-4-7-5-15-9(12)11-7/h5-6,8,10H,4H2,1-3H3,(H,11,12). The summed E-state index contributed by atoms with van der Waals surface area (Å²) in [5, 5.41) is 5.00. The van der Waals surface area contributed by atoms with E-state index >= 15 is 0 Å². The molecule has 1 aromatic rings. The van der Waals surface area contributed by atoms with Gasteiger partial charge in [0.05, 0.1) is 6.04 Å². The number of H-pyrrole nitrogens is 1. The third-order valence-corrected chi connectivity index (χ3v) is 2.78. The summed E-state index contributed by atoms with van der Waals surface area (Å²) in [6.45, 7) is 2.56. The van der Waals surface area contributed by atoms with Gasteiger partial charge >= 0.3 is 4.87 Å². The first-order valence-electron chi connectivity index (χ1n) is 4.63. The highest BCUT2D eigenvalue weighted by Gasteiger charge is 2.14. The van der Waals surface area contributed by atoms with Gasteiger partial charge in [-0.2, -0.15) is 0 Å². The molecule has 1 unspecified atom stereocenters. The molecular formula is C9H16N2O3S. The normalized spacial score (nSPS) is 13.3. The monoisotopic (exact) mass is 232 g/mol. The molecule has 0 fully saturated rings. The third kappa shape index (κ3) is 3.75. The van der Waals surface area contributed by atoms with E-state index in [-0.39, 0.29) is 17.2 Å². The van der Waals surface area contributed by atoms with Gasteiger partial charge < -0.3 is 19.8 Å². The highest BCUT2D eigenvalue weighted by atomic mass is 32.1. The Bertz CT molecular complexity index is 332. The molecule has 15 heavy (non-hydrogen) atoms. The van der Waals surface area contributed by atoms with Gasteiger partial charge in [-0.1, -0.05) is 11.3 Å². The molecule has 1 aromatic heterocycles. The SMILES string of the molecule is COC(OC)C(C)NCc1csc(=O)[nH]1. The van der Waals surface area contributed by atoms with Gasteiger partial charge in [-0.3, -0.25) is 4.79 Å². The molecular weight excluding hydrogens is 216 g/mol. The lowest BCUT2D eigenvalue weighted by Gasteiger charge is -2.21. The first-order valence-corrected chi connectivity index (χ1v) is 5.51. The Morgan fingerprint density at radius 2 is 2.20 bits per heavy atom. The van der Waals surface area contributed by atoms with Crippen LogP contribution in [0.4, 0.5) is 0 Å². The zero-order valence-electron chi connectivity index (χ0n) is 9.07. The molecule has 86 valence electrons. The van der Waals surface area contributed by atoms with Crippen LogP contribution < -0.4 is 10.2 Å². The number of hydrogen-bond acceptors (Lipinski definition) is 5. The maximum atomic E-state index is 10.9. The lowest BCUT2D eigenvalue weighted by atomic mass is 10.3. The number of hydrogen-bond donors (Lipinski definition) is 2. The number of methoxy groups -OCH3 is 2. The van der Waals surface area contributed by atoms with Crippen LogP contribution in [0.15, 0.2) is 10.2 Å². The van der Waals surface area contributed by atoms with E-state index in [0.29, 0.717) is 6.54 Å². The minimum Gasteiger partial charge on any atom is -0.354 e. The van der Waals surface area contributed by atoms with Crippen LogP contribution in [-0.4, -0.2) is 31.5 Å². The molecule has 1 rings (SSSR count). The molecule has 0 spiro atoms. The van der Waals surface area contributed by atoms with Crippen LogP contribution in [0.3, 0.4) is 0 Å². The summed E-state index contributed by atoms with van der Waals surface area (Å²) >= 11 is 1.16. The fourth-order valence-electron chi connectivity index (χ4n) is 1.27. The predicted molar refractivity (Wildman–Crippen MR) is 59.0 cm³/mol. The van der Waals surface area contributed by atoms with Crippen LogP contribution in [0.1, 0.15) is 12.6 Å². The van der Waals surface area contributed by atoms with E-state index in [0.717, 1.165) is 17.0 Å². The van der Waals surface area contributed by atoms with Crippen LogP contribution in [-0.2, 0) is 16.0 Å². The molecule has 0 aliphatic heterocycles. The van der Waals surface area contributed by atoms with Crippen molar-refractivity contribution in [3.05, 3.63) is 20.7 Å². The van der Waals surface area contributed by atoms with Crippen molar-refractivity contribution in [1.29, 1.82) is 0 Å². The van der Waals surface area contributed by atoms with E-state index in [4.69, 9.17) is 9.47 Å². The van der Waals surface area contributed by atoms with Crippen molar-refractivity contribution in [2.24, 2.45) is 0 Å². The first kappa shape index (κ1) is 12.4. The van der Waals surface area contributed by atoms with Crippen molar-refractivity contribution in [2.45, 2.75) is 25.8 Å². The second-order valence-corrected chi connectivity index (χ2v) is 4.02. The van der Waals surface area contributed by atoms with Gasteiger partial charge in [0.15, 0.2) is 6.29 Å². The summed E-state index contributed by atoms with van der Waals surface area (Å²) in [6.07, 6.45) is -0.282. The Kier molecular flexibility index (Phi) is 4.97. The van der Waals surface area contributed by atoms with Gasteiger partial charge in [-0.05, 0) is 6.92 Å². The Balaban J connectivity index is 2.39. The largest absolute Gasteiger partial charge is 0.354 e. The number of thiazole rings is 1. The highest BCUT2D eigenvalue weighted by Crippen LogP contribution is 2.01. The van der Waals surface area contributed by atoms with E-state index in [2.05, 4.69) is 10.3 Å². The van der Waals surface area contributed by atoms with Crippen molar-refractivity contribution in [3.8, 4) is 0 Å². The Labute approximate surface area is 92.4 Å². The summed E-state index contributed by atoms with van der Waals surface area (Å²) in [7, 11) is 3.19. The average Bonchev–Trinajstić information content (AvgIpc) is 2.63. The van der Waals surface area contributed by atoms with Gasteiger partial charge in [0.2, 0.25) is 0 Å². The van der Waals surface area contributed by atoms with E-state index in [1.165, 1.54) is 0 Å². The van der Waals surface area contributed by atoms with Crippen LogP contribution in [0.25, 0.3) is 0 Å². The molecule has 5 nitrogen and oxygen atoms in total. The van der Waals surface area contributed by atoms with Gasteiger partial charge in [0, 0.05) is 31.8 Å². The highest BCUT2D eigenvalue weighted by molar-refractivity contribution is 7.07. The molecule has 0 saturated heterocycles. The quantitative estimate of drug-likeness (QED) is 0.702. The summed E-state index contributed by atoms with van der Waals surface area (Å²) < 4.78 is 10.2. The van der Waals surface area contributed by atoms with E-state index in [1.54, 1.807) is 19.6 Å². The summed E-state index contributed by atoms with van der Waals surface area (Å²) in [6, 6.07) is 0.0587. The molecule has 0 saturated carbocycles. The minimum atomic E-state index is -0.282. The fourth-order valence-corrected chi connectivity index (χ4v) is 1.85.